The fourth-order valence-corrected chi connectivity index (χ4v) is 2.04. The molecule has 2 heterocycles. The Kier molecular flexibility index (Phi) is 2.41. The molecule has 0 spiro atoms. The van der Waals surface area contributed by atoms with Gasteiger partial charge < -0.3 is 5.11 Å². The molecule has 16 heavy (non-hydrogen) atoms. The number of carboxylic acids is 1. The molecule has 1 N–H and O–H groups in total. The normalized spacial score (nSPS) is 14.8. The first-order valence-electron chi connectivity index (χ1n) is 5.11. The highest BCUT2D eigenvalue weighted by molar-refractivity contribution is 6.01. The quantitative estimate of drug-likeness (QED) is 0.758. The topological polar surface area (TPSA) is 75.4 Å². The summed E-state index contributed by atoms with van der Waals surface area (Å²) in [6, 6.07) is 0. The van der Waals surface area contributed by atoms with E-state index in [1.807, 2.05) is 0 Å². The number of hydrogen-bond donors (Lipinski definition) is 1. The second kappa shape index (κ2) is 3.62. The Morgan fingerprint density at radius 1 is 1.38 bits per heavy atom. The summed E-state index contributed by atoms with van der Waals surface area (Å²) >= 11 is 0. The van der Waals surface area contributed by atoms with E-state index in [1.54, 1.807) is 11.6 Å². The lowest BCUT2D eigenvalue weighted by atomic mass is 10.2. The second-order valence-electron chi connectivity index (χ2n) is 3.84. The Balaban J connectivity index is 2.61. The van der Waals surface area contributed by atoms with E-state index in [9.17, 15) is 9.59 Å². The molecule has 6 nitrogen and oxygen atoms in total. The largest absolute Gasteiger partial charge is 0.477 e. The summed E-state index contributed by atoms with van der Waals surface area (Å²) in [7, 11) is 0. The van der Waals surface area contributed by atoms with Crippen molar-refractivity contribution < 1.29 is 14.7 Å². The third-order valence-corrected chi connectivity index (χ3v) is 2.70. The summed E-state index contributed by atoms with van der Waals surface area (Å²) in [6.45, 7) is 4.30. The van der Waals surface area contributed by atoms with Crippen LogP contribution in [0.1, 0.15) is 29.4 Å². The molecule has 6 heteroatoms. The van der Waals surface area contributed by atoms with Gasteiger partial charge in [-0.3, -0.25) is 9.69 Å². The minimum Gasteiger partial charge on any atom is -0.477 e. The Labute approximate surface area is 92.5 Å². The van der Waals surface area contributed by atoms with Gasteiger partial charge in [-0.1, -0.05) is 0 Å². The maximum absolute atomic E-state index is 11.4. The first-order valence-corrected chi connectivity index (χ1v) is 5.11. The lowest BCUT2D eigenvalue weighted by Gasteiger charge is -2.27. The molecule has 0 bridgehead atoms. The number of carbonyl (C=O) groups excluding carboxylic acids is 1. The second-order valence-corrected chi connectivity index (χ2v) is 3.84. The summed E-state index contributed by atoms with van der Waals surface area (Å²) in [4.78, 5) is 24.0. The van der Waals surface area contributed by atoms with Crippen LogP contribution >= 0.6 is 0 Å². The SMILES string of the molecule is CC(=O)N1CCCn2nc(C)c(C(=O)O)c21. The highest BCUT2D eigenvalue weighted by atomic mass is 16.4. The van der Waals surface area contributed by atoms with Gasteiger partial charge in [-0.25, -0.2) is 9.48 Å². The van der Waals surface area contributed by atoms with E-state index >= 15 is 0 Å². The minimum absolute atomic E-state index is 0.134. The van der Waals surface area contributed by atoms with E-state index in [4.69, 9.17) is 5.11 Å². The lowest BCUT2D eigenvalue weighted by molar-refractivity contribution is -0.116. The Morgan fingerprint density at radius 2 is 2.06 bits per heavy atom. The highest BCUT2D eigenvalue weighted by Gasteiger charge is 2.29. The monoisotopic (exact) mass is 223 g/mol. The van der Waals surface area contributed by atoms with Crippen molar-refractivity contribution >= 4 is 17.7 Å². The molecule has 0 aromatic carbocycles. The van der Waals surface area contributed by atoms with Crippen LogP contribution in [0.2, 0.25) is 0 Å². The maximum atomic E-state index is 11.4. The summed E-state index contributed by atoms with van der Waals surface area (Å²) < 4.78 is 1.60. The van der Waals surface area contributed by atoms with E-state index in [0.717, 1.165) is 6.42 Å². The fraction of sp³-hybridized carbons (Fsp3) is 0.500. The zero-order valence-electron chi connectivity index (χ0n) is 9.23. The van der Waals surface area contributed by atoms with Gasteiger partial charge in [0.25, 0.3) is 0 Å². The van der Waals surface area contributed by atoms with Crippen LogP contribution in [0.3, 0.4) is 0 Å². The zero-order chi connectivity index (χ0) is 11.9. The van der Waals surface area contributed by atoms with Crippen LogP contribution < -0.4 is 4.90 Å². The molecule has 2 rings (SSSR count). The molecule has 0 saturated carbocycles. The standard InChI is InChI=1S/C10H13N3O3/c1-6-8(10(15)16)9-12(7(2)14)4-3-5-13(9)11-6/h3-5H2,1-2H3,(H,15,16). The molecule has 1 aliphatic rings. The zero-order valence-corrected chi connectivity index (χ0v) is 9.23. The fourth-order valence-electron chi connectivity index (χ4n) is 2.04. The number of hydrogen-bond acceptors (Lipinski definition) is 3. The van der Waals surface area contributed by atoms with Crippen LogP contribution in [-0.2, 0) is 11.3 Å². The summed E-state index contributed by atoms with van der Waals surface area (Å²) in [6.07, 6.45) is 0.798. The van der Waals surface area contributed by atoms with Gasteiger partial charge in [0, 0.05) is 20.0 Å². The van der Waals surface area contributed by atoms with E-state index < -0.39 is 5.97 Å². The van der Waals surface area contributed by atoms with Crippen molar-refractivity contribution in [1.29, 1.82) is 0 Å². The summed E-state index contributed by atoms with van der Waals surface area (Å²) in [5.74, 6) is -0.765. The number of fused-ring (bicyclic) bond motifs is 1. The third-order valence-electron chi connectivity index (χ3n) is 2.70. The molecule has 0 atom stereocenters. The first-order chi connectivity index (χ1) is 7.52. The molecular formula is C10H13N3O3. The summed E-state index contributed by atoms with van der Waals surface area (Å²) in [5.41, 5.74) is 0.588. The smallest absolute Gasteiger partial charge is 0.341 e. The predicted molar refractivity (Wildman–Crippen MR) is 56.6 cm³/mol. The molecule has 0 radical (unpaired) electrons. The number of carboxylic acid groups (broad SMARTS) is 1. The maximum Gasteiger partial charge on any atom is 0.341 e. The van der Waals surface area contributed by atoms with Gasteiger partial charge in [0.2, 0.25) is 5.91 Å². The van der Waals surface area contributed by atoms with Crippen LogP contribution in [0.15, 0.2) is 0 Å². The number of rotatable bonds is 1. The third kappa shape index (κ3) is 1.46. The number of amides is 1. The van der Waals surface area contributed by atoms with Gasteiger partial charge in [-0.2, -0.15) is 5.10 Å². The summed E-state index contributed by atoms with van der Waals surface area (Å²) in [5, 5.41) is 13.3. The van der Waals surface area contributed by atoms with Gasteiger partial charge in [0.15, 0.2) is 0 Å². The van der Waals surface area contributed by atoms with Gasteiger partial charge in [-0.05, 0) is 13.3 Å². The minimum atomic E-state index is -1.04. The van der Waals surface area contributed by atoms with Crippen molar-refractivity contribution in [2.75, 3.05) is 11.4 Å². The molecule has 1 aromatic heterocycles. The van der Waals surface area contributed by atoms with Gasteiger partial charge in [0.05, 0.1) is 5.69 Å². The van der Waals surface area contributed by atoms with Gasteiger partial charge in [-0.15, -0.1) is 0 Å². The van der Waals surface area contributed by atoms with Crippen molar-refractivity contribution in [1.82, 2.24) is 9.78 Å². The molecular weight excluding hydrogens is 210 g/mol. The molecule has 0 saturated heterocycles. The number of anilines is 1. The van der Waals surface area contributed by atoms with Crippen molar-refractivity contribution in [3.8, 4) is 0 Å². The molecule has 1 amide bonds. The lowest BCUT2D eigenvalue weighted by Crippen LogP contribution is -2.36. The van der Waals surface area contributed by atoms with Crippen molar-refractivity contribution in [2.24, 2.45) is 0 Å². The average Bonchev–Trinajstić information content (AvgIpc) is 2.52. The first kappa shape index (κ1) is 10.7. The molecule has 0 unspecified atom stereocenters. The van der Waals surface area contributed by atoms with E-state index in [-0.39, 0.29) is 11.5 Å². The number of aryl methyl sites for hydroxylation is 2. The van der Waals surface area contributed by atoms with Gasteiger partial charge in [0.1, 0.15) is 11.4 Å². The van der Waals surface area contributed by atoms with Crippen molar-refractivity contribution in [3.05, 3.63) is 11.3 Å². The molecule has 0 aliphatic carbocycles. The van der Waals surface area contributed by atoms with Crippen LogP contribution in [0.25, 0.3) is 0 Å². The predicted octanol–water partition coefficient (Wildman–Crippen LogP) is 0.646. The Bertz CT molecular complexity index is 464. The van der Waals surface area contributed by atoms with E-state index in [2.05, 4.69) is 5.10 Å². The van der Waals surface area contributed by atoms with Crippen LogP contribution in [-0.4, -0.2) is 33.3 Å². The highest BCUT2D eigenvalue weighted by Crippen LogP contribution is 2.27. The average molecular weight is 223 g/mol. The molecule has 1 aromatic rings. The molecule has 0 fully saturated rings. The van der Waals surface area contributed by atoms with E-state index in [0.29, 0.717) is 24.6 Å². The van der Waals surface area contributed by atoms with Gasteiger partial charge >= 0.3 is 5.97 Å². The van der Waals surface area contributed by atoms with Crippen molar-refractivity contribution in [2.45, 2.75) is 26.8 Å². The molecule has 86 valence electrons. The van der Waals surface area contributed by atoms with Crippen LogP contribution in [0.4, 0.5) is 5.82 Å². The molecule has 1 aliphatic heterocycles. The Hall–Kier alpha value is -1.85. The number of carbonyl (C=O) groups is 2. The number of nitrogens with zero attached hydrogens (tertiary/aromatic N) is 3. The Morgan fingerprint density at radius 3 is 2.62 bits per heavy atom. The number of aromatic nitrogens is 2. The van der Waals surface area contributed by atoms with Crippen LogP contribution in [0, 0.1) is 6.92 Å². The van der Waals surface area contributed by atoms with E-state index in [1.165, 1.54) is 11.8 Å². The number of aromatic carboxylic acids is 1. The van der Waals surface area contributed by atoms with Crippen molar-refractivity contribution in [3.63, 3.8) is 0 Å². The van der Waals surface area contributed by atoms with Crippen LogP contribution in [0.5, 0.6) is 0 Å².